The Balaban J connectivity index is 1.75. The van der Waals surface area contributed by atoms with Crippen LogP contribution < -0.4 is 15.4 Å². The second-order valence-electron chi connectivity index (χ2n) is 6.02. The fraction of sp³-hybridized carbons (Fsp3) is 0.100. The molecule has 4 rings (SSSR count). The summed E-state index contributed by atoms with van der Waals surface area (Å²) in [5.41, 5.74) is 7.33. The van der Waals surface area contributed by atoms with Gasteiger partial charge in [0.15, 0.2) is 11.6 Å². The minimum absolute atomic E-state index is 0.244. The first-order chi connectivity index (χ1) is 12.6. The van der Waals surface area contributed by atoms with Crippen LogP contribution in [0.2, 0.25) is 0 Å². The SMILES string of the molecule is Nc1ccc2c(n1)N(Cc1ccc(F)cc1)C(=O)C(c1ccccc1)O2. The quantitative estimate of drug-likeness (QED) is 0.786. The molecule has 0 radical (unpaired) electrons. The van der Waals surface area contributed by atoms with Crippen LogP contribution in [0.25, 0.3) is 0 Å². The number of pyridine rings is 1. The van der Waals surface area contributed by atoms with Gasteiger partial charge in [0.25, 0.3) is 5.91 Å². The number of aromatic nitrogens is 1. The summed E-state index contributed by atoms with van der Waals surface area (Å²) in [6.45, 7) is 0.245. The fourth-order valence-corrected chi connectivity index (χ4v) is 2.92. The van der Waals surface area contributed by atoms with E-state index in [4.69, 9.17) is 10.5 Å². The molecule has 1 unspecified atom stereocenters. The zero-order chi connectivity index (χ0) is 18.1. The summed E-state index contributed by atoms with van der Waals surface area (Å²) in [7, 11) is 0. The molecule has 2 heterocycles. The maximum Gasteiger partial charge on any atom is 0.274 e. The highest BCUT2D eigenvalue weighted by molar-refractivity contribution is 5.99. The summed E-state index contributed by atoms with van der Waals surface area (Å²) in [4.78, 5) is 18.9. The first kappa shape index (κ1) is 16.1. The average Bonchev–Trinajstić information content (AvgIpc) is 2.66. The standard InChI is InChI=1S/C20H16FN3O2/c21-15-8-6-13(7-9-15)12-24-19-16(10-11-17(22)23-19)26-18(20(24)25)14-4-2-1-3-5-14/h1-11,18H,12H2,(H2,22,23). The number of carbonyl (C=O) groups is 1. The molecule has 3 aromatic rings. The van der Waals surface area contributed by atoms with Gasteiger partial charge in [-0.2, -0.15) is 0 Å². The first-order valence-electron chi connectivity index (χ1n) is 8.16. The number of rotatable bonds is 3. The average molecular weight is 349 g/mol. The summed E-state index contributed by atoms with van der Waals surface area (Å²) in [5.74, 6) is 0.571. The molecule has 26 heavy (non-hydrogen) atoms. The van der Waals surface area contributed by atoms with E-state index in [1.54, 1.807) is 24.3 Å². The molecule has 1 aromatic heterocycles. The lowest BCUT2D eigenvalue weighted by Gasteiger charge is -2.33. The van der Waals surface area contributed by atoms with Gasteiger partial charge in [-0.15, -0.1) is 0 Å². The van der Waals surface area contributed by atoms with Crippen LogP contribution in [-0.4, -0.2) is 10.9 Å². The summed E-state index contributed by atoms with van der Waals surface area (Å²) in [5, 5.41) is 0. The molecular formula is C20H16FN3O2. The van der Waals surface area contributed by atoms with Gasteiger partial charge in [0.05, 0.1) is 6.54 Å². The van der Waals surface area contributed by atoms with Crippen LogP contribution in [0, 0.1) is 5.82 Å². The zero-order valence-electron chi connectivity index (χ0n) is 13.8. The van der Waals surface area contributed by atoms with E-state index < -0.39 is 6.10 Å². The molecule has 2 N–H and O–H groups in total. The van der Waals surface area contributed by atoms with E-state index in [-0.39, 0.29) is 18.3 Å². The van der Waals surface area contributed by atoms with E-state index in [9.17, 15) is 9.18 Å². The smallest absolute Gasteiger partial charge is 0.274 e. The minimum atomic E-state index is -0.769. The molecule has 6 heteroatoms. The van der Waals surface area contributed by atoms with Crippen molar-refractivity contribution >= 4 is 17.5 Å². The Kier molecular flexibility index (Phi) is 4.01. The Bertz CT molecular complexity index is 945. The number of benzene rings is 2. The third kappa shape index (κ3) is 2.97. The van der Waals surface area contributed by atoms with Gasteiger partial charge in [0.2, 0.25) is 6.10 Å². The Morgan fingerprint density at radius 3 is 2.50 bits per heavy atom. The predicted molar refractivity (Wildman–Crippen MR) is 96.1 cm³/mol. The first-order valence-corrected chi connectivity index (χ1v) is 8.16. The highest BCUT2D eigenvalue weighted by Crippen LogP contribution is 2.38. The molecule has 0 fully saturated rings. The predicted octanol–water partition coefficient (Wildman–Crippen LogP) is 3.47. The number of nitrogen functional groups attached to an aromatic ring is 1. The van der Waals surface area contributed by atoms with E-state index in [0.29, 0.717) is 17.4 Å². The molecule has 2 aromatic carbocycles. The highest BCUT2D eigenvalue weighted by Gasteiger charge is 2.36. The molecule has 1 atom stereocenters. The Labute approximate surface area is 149 Å². The molecule has 0 spiro atoms. The number of nitrogens with two attached hydrogens (primary N) is 1. The van der Waals surface area contributed by atoms with Gasteiger partial charge < -0.3 is 10.5 Å². The second kappa shape index (κ2) is 6.48. The molecule has 1 amide bonds. The largest absolute Gasteiger partial charge is 0.472 e. The summed E-state index contributed by atoms with van der Waals surface area (Å²) in [6, 6.07) is 18.6. The summed E-state index contributed by atoms with van der Waals surface area (Å²) in [6.07, 6.45) is -0.769. The van der Waals surface area contributed by atoms with Crippen LogP contribution in [0.3, 0.4) is 0 Å². The van der Waals surface area contributed by atoms with Gasteiger partial charge >= 0.3 is 0 Å². The van der Waals surface area contributed by atoms with E-state index in [0.717, 1.165) is 11.1 Å². The molecule has 0 aliphatic carbocycles. The molecule has 0 bridgehead atoms. The van der Waals surface area contributed by atoms with Crippen molar-refractivity contribution in [2.24, 2.45) is 0 Å². The number of ether oxygens (including phenoxy) is 1. The molecular weight excluding hydrogens is 333 g/mol. The normalized spacial score (nSPS) is 16.1. The number of carbonyl (C=O) groups excluding carboxylic acids is 1. The molecule has 130 valence electrons. The van der Waals surface area contributed by atoms with Crippen molar-refractivity contribution in [1.29, 1.82) is 0 Å². The van der Waals surface area contributed by atoms with Gasteiger partial charge in [-0.25, -0.2) is 9.37 Å². The van der Waals surface area contributed by atoms with Gasteiger partial charge in [-0.05, 0) is 29.8 Å². The van der Waals surface area contributed by atoms with Crippen molar-refractivity contribution in [2.75, 3.05) is 10.6 Å². The number of hydrogen-bond donors (Lipinski definition) is 1. The highest BCUT2D eigenvalue weighted by atomic mass is 19.1. The Hall–Kier alpha value is -3.41. The van der Waals surface area contributed by atoms with Gasteiger partial charge in [0, 0.05) is 5.56 Å². The number of anilines is 2. The lowest BCUT2D eigenvalue weighted by Crippen LogP contribution is -2.41. The second-order valence-corrected chi connectivity index (χ2v) is 6.02. The third-order valence-electron chi connectivity index (χ3n) is 4.21. The van der Waals surface area contributed by atoms with Crippen LogP contribution in [-0.2, 0) is 11.3 Å². The summed E-state index contributed by atoms with van der Waals surface area (Å²) < 4.78 is 19.1. The van der Waals surface area contributed by atoms with Gasteiger partial charge in [-0.1, -0.05) is 42.5 Å². The van der Waals surface area contributed by atoms with E-state index in [1.807, 2.05) is 30.3 Å². The van der Waals surface area contributed by atoms with Crippen molar-refractivity contribution in [3.8, 4) is 5.75 Å². The van der Waals surface area contributed by atoms with E-state index >= 15 is 0 Å². The maximum absolute atomic E-state index is 13.2. The minimum Gasteiger partial charge on any atom is -0.472 e. The van der Waals surface area contributed by atoms with Crippen LogP contribution in [0.4, 0.5) is 16.0 Å². The van der Waals surface area contributed by atoms with Crippen molar-refractivity contribution in [3.63, 3.8) is 0 Å². The van der Waals surface area contributed by atoms with E-state index in [2.05, 4.69) is 4.98 Å². The number of amides is 1. The van der Waals surface area contributed by atoms with E-state index in [1.165, 1.54) is 17.0 Å². The van der Waals surface area contributed by atoms with Crippen molar-refractivity contribution in [1.82, 2.24) is 4.98 Å². The van der Waals surface area contributed by atoms with Crippen LogP contribution in [0.1, 0.15) is 17.2 Å². The van der Waals surface area contributed by atoms with Crippen LogP contribution >= 0.6 is 0 Å². The Morgan fingerprint density at radius 1 is 1.04 bits per heavy atom. The van der Waals surface area contributed by atoms with Gasteiger partial charge in [0.1, 0.15) is 11.6 Å². The lowest BCUT2D eigenvalue weighted by atomic mass is 10.1. The summed E-state index contributed by atoms with van der Waals surface area (Å²) >= 11 is 0. The number of hydrogen-bond acceptors (Lipinski definition) is 4. The topological polar surface area (TPSA) is 68.5 Å². The molecule has 5 nitrogen and oxygen atoms in total. The molecule has 1 aliphatic heterocycles. The van der Waals surface area contributed by atoms with Crippen LogP contribution in [0.5, 0.6) is 5.75 Å². The maximum atomic E-state index is 13.2. The monoisotopic (exact) mass is 349 g/mol. The lowest BCUT2D eigenvalue weighted by molar-refractivity contribution is -0.126. The van der Waals surface area contributed by atoms with Crippen molar-refractivity contribution in [3.05, 3.63) is 83.7 Å². The molecule has 1 aliphatic rings. The Morgan fingerprint density at radius 2 is 1.77 bits per heavy atom. The number of fused-ring (bicyclic) bond motifs is 1. The van der Waals surface area contributed by atoms with Gasteiger partial charge in [-0.3, -0.25) is 9.69 Å². The van der Waals surface area contributed by atoms with Crippen molar-refractivity contribution < 1.29 is 13.9 Å². The van der Waals surface area contributed by atoms with Crippen LogP contribution in [0.15, 0.2) is 66.7 Å². The number of halogens is 1. The van der Waals surface area contributed by atoms with Crippen molar-refractivity contribution in [2.45, 2.75) is 12.6 Å². The fourth-order valence-electron chi connectivity index (χ4n) is 2.92. The molecule has 0 saturated heterocycles. The molecule has 0 saturated carbocycles. The zero-order valence-corrected chi connectivity index (χ0v) is 13.8. The third-order valence-corrected chi connectivity index (χ3v) is 4.21. The number of nitrogens with zero attached hydrogens (tertiary/aromatic N) is 2.